The van der Waals surface area contributed by atoms with E-state index < -0.39 is 17.6 Å². The second-order valence-electron chi connectivity index (χ2n) is 5.20. The first-order valence-corrected chi connectivity index (χ1v) is 11.2. The van der Waals surface area contributed by atoms with E-state index in [0.717, 1.165) is 10.4 Å². The fraction of sp³-hybridized carbons (Fsp3) is 0.375. The summed E-state index contributed by atoms with van der Waals surface area (Å²) in [4.78, 5) is 8.92. The molecule has 0 aliphatic rings. The summed E-state index contributed by atoms with van der Waals surface area (Å²) in [6, 6.07) is 7.45. The van der Waals surface area contributed by atoms with Gasteiger partial charge in [0.25, 0.3) is 0 Å². The fourth-order valence-corrected chi connectivity index (χ4v) is 6.09. The molecule has 0 unspecified atom stereocenters. The molecule has 0 radical (unpaired) electrons. The molecule has 0 saturated heterocycles. The average Bonchev–Trinajstić information content (AvgIpc) is 2.72. The van der Waals surface area contributed by atoms with E-state index in [9.17, 15) is 0 Å². The van der Waals surface area contributed by atoms with E-state index >= 15 is 0 Å². The minimum atomic E-state index is -2.89. The zero-order valence-corrected chi connectivity index (χ0v) is 17.8. The second-order valence-corrected chi connectivity index (χ2v) is 11.0. The quantitative estimate of drug-likeness (QED) is 0.561. The third kappa shape index (κ3) is 3.77. The first kappa shape index (κ1) is 20.8. The van der Waals surface area contributed by atoms with Crippen LogP contribution in [0.3, 0.4) is 0 Å². The Morgan fingerprint density at radius 2 is 0.846 bits per heavy atom. The van der Waals surface area contributed by atoms with Crippen molar-refractivity contribution in [2.45, 2.75) is 0 Å². The lowest BCUT2D eigenvalue weighted by Gasteiger charge is -2.24. The van der Waals surface area contributed by atoms with Gasteiger partial charge in [-0.25, -0.2) is 0 Å². The molecule has 0 N–H and O–H groups in total. The topological polar surface area (TPSA) is 81.2 Å². The highest BCUT2D eigenvalue weighted by atomic mass is 28.4. The highest BCUT2D eigenvalue weighted by Crippen LogP contribution is 2.15. The van der Waals surface area contributed by atoms with E-state index in [2.05, 4.69) is 9.97 Å². The van der Waals surface area contributed by atoms with Crippen LogP contribution in [-0.4, -0.2) is 70.2 Å². The van der Waals surface area contributed by atoms with Crippen LogP contribution in [0.4, 0.5) is 0 Å². The third-order valence-corrected chi connectivity index (χ3v) is 9.34. The lowest BCUT2D eigenvalue weighted by Crippen LogP contribution is -2.54. The molecule has 0 bridgehead atoms. The Kier molecular flexibility index (Phi) is 7.14. The van der Waals surface area contributed by atoms with Gasteiger partial charge in [-0.3, -0.25) is 9.97 Å². The summed E-state index contributed by atoms with van der Waals surface area (Å²) in [7, 11) is 3.58. The number of rotatable bonds is 9. The summed E-state index contributed by atoms with van der Waals surface area (Å²) < 4.78 is 32.8. The van der Waals surface area contributed by atoms with Gasteiger partial charge in [0.05, 0.1) is 11.4 Å². The Morgan fingerprint density at radius 1 is 0.538 bits per heavy atom. The van der Waals surface area contributed by atoms with Crippen molar-refractivity contribution in [3.63, 3.8) is 0 Å². The zero-order valence-electron chi connectivity index (χ0n) is 15.8. The Hall–Kier alpha value is -1.51. The van der Waals surface area contributed by atoms with Gasteiger partial charge in [0.2, 0.25) is 0 Å². The number of aromatic nitrogens is 2. The maximum atomic E-state index is 5.46. The van der Waals surface area contributed by atoms with Crippen molar-refractivity contribution in [3.8, 4) is 11.4 Å². The molecule has 0 spiro atoms. The first-order valence-electron chi connectivity index (χ1n) is 7.79. The molecule has 142 valence electrons. The van der Waals surface area contributed by atoms with Crippen molar-refractivity contribution in [1.29, 1.82) is 0 Å². The summed E-state index contributed by atoms with van der Waals surface area (Å²) in [6.07, 6.45) is 3.37. The van der Waals surface area contributed by atoms with Crippen LogP contribution in [0.2, 0.25) is 0 Å². The Bertz CT molecular complexity index is 613. The number of nitrogens with zero attached hydrogens (tertiary/aromatic N) is 2. The summed E-state index contributed by atoms with van der Waals surface area (Å²) >= 11 is 0. The smallest absolute Gasteiger partial charge is 0.373 e. The summed E-state index contributed by atoms with van der Waals surface area (Å²) in [5.41, 5.74) is 1.43. The minimum absolute atomic E-state index is 0.714. The van der Waals surface area contributed by atoms with Gasteiger partial charge in [0, 0.05) is 65.4 Å². The van der Waals surface area contributed by atoms with Crippen molar-refractivity contribution in [2.75, 3.05) is 42.7 Å². The van der Waals surface area contributed by atoms with Crippen LogP contribution in [0, 0.1) is 0 Å². The average molecular weight is 397 g/mol. The molecular weight excluding hydrogens is 372 g/mol. The maximum Gasteiger partial charge on any atom is 0.537 e. The molecule has 8 nitrogen and oxygen atoms in total. The maximum absolute atomic E-state index is 5.46. The van der Waals surface area contributed by atoms with Crippen LogP contribution < -0.4 is 10.4 Å². The van der Waals surface area contributed by atoms with Crippen molar-refractivity contribution in [1.82, 2.24) is 9.97 Å². The third-order valence-electron chi connectivity index (χ3n) is 4.11. The van der Waals surface area contributed by atoms with Gasteiger partial charge in [-0.2, -0.15) is 0 Å². The molecule has 0 aromatic carbocycles. The number of hydrogen-bond acceptors (Lipinski definition) is 8. The lowest BCUT2D eigenvalue weighted by atomic mass is 10.2. The van der Waals surface area contributed by atoms with Gasteiger partial charge in [0.15, 0.2) is 0 Å². The van der Waals surface area contributed by atoms with Gasteiger partial charge in [-0.15, -0.1) is 0 Å². The van der Waals surface area contributed by atoms with E-state index in [1.54, 1.807) is 55.1 Å². The van der Waals surface area contributed by atoms with Crippen LogP contribution in [0.15, 0.2) is 36.7 Å². The molecule has 0 atom stereocenters. The molecule has 0 fully saturated rings. The SMILES string of the molecule is CO[Si](OC)(OC)c1ccc(-c2ccc([Si](OC)(OC)OC)cn2)nc1. The molecule has 2 heterocycles. The van der Waals surface area contributed by atoms with Crippen LogP contribution in [0.1, 0.15) is 0 Å². The van der Waals surface area contributed by atoms with E-state index in [0.29, 0.717) is 11.4 Å². The van der Waals surface area contributed by atoms with Crippen molar-refractivity contribution < 1.29 is 26.6 Å². The predicted octanol–water partition coefficient (Wildman–Crippen LogP) is 0.314. The van der Waals surface area contributed by atoms with Crippen LogP contribution in [0.25, 0.3) is 11.4 Å². The predicted molar refractivity (Wildman–Crippen MR) is 100 cm³/mol. The van der Waals surface area contributed by atoms with E-state index in [4.69, 9.17) is 26.6 Å². The number of pyridine rings is 2. The molecule has 2 rings (SSSR count). The molecule has 0 aliphatic carbocycles. The summed E-state index contributed by atoms with van der Waals surface area (Å²) in [5, 5.41) is 1.55. The van der Waals surface area contributed by atoms with Crippen molar-refractivity contribution >= 4 is 28.0 Å². The Morgan fingerprint density at radius 3 is 1.04 bits per heavy atom. The molecule has 0 saturated carbocycles. The molecule has 0 amide bonds. The molecule has 2 aromatic rings. The van der Waals surface area contributed by atoms with Crippen LogP contribution >= 0.6 is 0 Å². The summed E-state index contributed by atoms with van der Waals surface area (Å²) in [5.74, 6) is 0. The molecule has 10 heteroatoms. The normalized spacial score (nSPS) is 12.4. The van der Waals surface area contributed by atoms with E-state index in [1.807, 2.05) is 24.3 Å². The van der Waals surface area contributed by atoms with Gasteiger partial charge >= 0.3 is 17.6 Å². The summed E-state index contributed by atoms with van der Waals surface area (Å²) in [6.45, 7) is 0. The minimum Gasteiger partial charge on any atom is -0.373 e. The largest absolute Gasteiger partial charge is 0.537 e. The zero-order chi connectivity index (χ0) is 19.2. The molecule has 0 aliphatic heterocycles. The van der Waals surface area contributed by atoms with Gasteiger partial charge in [-0.1, -0.05) is 12.1 Å². The Balaban J connectivity index is 2.30. The highest BCUT2D eigenvalue weighted by molar-refractivity contribution is 6.75. The standard InChI is InChI=1S/C16H24N2O6Si2/c1-19-25(20-2,21-3)13-7-9-15(17-11-13)16-10-8-14(12-18-16)26(22-4,23-5)24-6/h7-12H,1-6H3. The van der Waals surface area contributed by atoms with Crippen LogP contribution in [0.5, 0.6) is 0 Å². The van der Waals surface area contributed by atoms with Gasteiger partial charge in [0.1, 0.15) is 0 Å². The molecular formula is C16H24N2O6Si2. The first-order chi connectivity index (χ1) is 12.5. The lowest BCUT2D eigenvalue weighted by molar-refractivity contribution is 0.140. The van der Waals surface area contributed by atoms with Crippen molar-refractivity contribution in [3.05, 3.63) is 36.7 Å². The van der Waals surface area contributed by atoms with E-state index in [1.165, 1.54) is 0 Å². The highest BCUT2D eigenvalue weighted by Gasteiger charge is 2.42. The monoisotopic (exact) mass is 396 g/mol. The Labute approximate surface area is 155 Å². The second kappa shape index (κ2) is 8.93. The number of hydrogen-bond donors (Lipinski definition) is 0. The van der Waals surface area contributed by atoms with Gasteiger partial charge in [-0.05, 0) is 12.1 Å². The van der Waals surface area contributed by atoms with Crippen molar-refractivity contribution in [2.24, 2.45) is 0 Å². The fourth-order valence-electron chi connectivity index (χ4n) is 2.66. The van der Waals surface area contributed by atoms with E-state index in [-0.39, 0.29) is 0 Å². The molecule has 2 aromatic heterocycles. The van der Waals surface area contributed by atoms with Crippen LogP contribution in [-0.2, 0) is 26.6 Å². The van der Waals surface area contributed by atoms with Gasteiger partial charge < -0.3 is 26.6 Å². The molecule has 26 heavy (non-hydrogen) atoms.